The quantitative estimate of drug-likeness (QED) is 0.791. The summed E-state index contributed by atoms with van der Waals surface area (Å²) in [6.45, 7) is 6.40. The molecule has 0 radical (unpaired) electrons. The molecule has 1 saturated carbocycles. The summed E-state index contributed by atoms with van der Waals surface area (Å²) in [5.74, 6) is 0. The van der Waals surface area contributed by atoms with Crippen molar-refractivity contribution in [1.82, 2.24) is 5.32 Å². The first-order valence-electron chi connectivity index (χ1n) is 6.68. The van der Waals surface area contributed by atoms with Gasteiger partial charge < -0.3 is 11.1 Å². The van der Waals surface area contributed by atoms with Gasteiger partial charge >= 0.3 is 0 Å². The van der Waals surface area contributed by atoms with Crippen LogP contribution in [-0.4, -0.2) is 13.1 Å². The molecule has 17 heavy (non-hydrogen) atoms. The fourth-order valence-corrected chi connectivity index (χ4v) is 2.26. The van der Waals surface area contributed by atoms with Crippen molar-refractivity contribution < 1.29 is 0 Å². The zero-order valence-corrected chi connectivity index (χ0v) is 11.0. The second kappa shape index (κ2) is 5.19. The molecule has 0 aromatic heterocycles. The fourth-order valence-electron chi connectivity index (χ4n) is 2.26. The number of aryl methyl sites for hydroxylation is 1. The smallest absolute Gasteiger partial charge is 0.0421 e. The molecular formula is C15H24N2. The third-order valence-electron chi connectivity index (χ3n) is 4.08. The highest BCUT2D eigenvalue weighted by molar-refractivity contribution is 5.24. The maximum atomic E-state index is 6.17. The van der Waals surface area contributed by atoms with E-state index >= 15 is 0 Å². The minimum atomic E-state index is 0.114. The van der Waals surface area contributed by atoms with E-state index in [4.69, 9.17) is 5.73 Å². The summed E-state index contributed by atoms with van der Waals surface area (Å²) < 4.78 is 0. The van der Waals surface area contributed by atoms with E-state index in [0.717, 1.165) is 13.1 Å². The molecule has 2 rings (SSSR count). The lowest BCUT2D eigenvalue weighted by Crippen LogP contribution is -2.31. The van der Waals surface area contributed by atoms with Crippen molar-refractivity contribution in [3.05, 3.63) is 35.4 Å². The molecular weight excluding hydrogens is 208 g/mol. The van der Waals surface area contributed by atoms with E-state index in [9.17, 15) is 0 Å². The molecule has 3 N–H and O–H groups in total. The van der Waals surface area contributed by atoms with E-state index in [1.54, 1.807) is 0 Å². The lowest BCUT2D eigenvalue weighted by atomic mass is 10.0. The van der Waals surface area contributed by atoms with Crippen molar-refractivity contribution in [3.8, 4) is 0 Å². The molecule has 1 aromatic rings. The first kappa shape index (κ1) is 12.6. The Morgan fingerprint density at radius 1 is 1.29 bits per heavy atom. The summed E-state index contributed by atoms with van der Waals surface area (Å²) in [5.41, 5.74) is 9.29. The van der Waals surface area contributed by atoms with E-state index in [2.05, 4.69) is 43.4 Å². The summed E-state index contributed by atoms with van der Waals surface area (Å²) in [4.78, 5) is 0. The van der Waals surface area contributed by atoms with Crippen molar-refractivity contribution >= 4 is 0 Å². The van der Waals surface area contributed by atoms with Crippen molar-refractivity contribution in [1.29, 1.82) is 0 Å². The van der Waals surface area contributed by atoms with Gasteiger partial charge in [-0.25, -0.2) is 0 Å². The zero-order chi connectivity index (χ0) is 12.3. The largest absolute Gasteiger partial charge is 0.323 e. The van der Waals surface area contributed by atoms with Crippen molar-refractivity contribution in [2.75, 3.05) is 13.1 Å². The second-order valence-electron chi connectivity index (χ2n) is 5.50. The van der Waals surface area contributed by atoms with E-state index in [1.807, 2.05) is 0 Å². The Kier molecular flexibility index (Phi) is 3.85. The highest BCUT2D eigenvalue weighted by atomic mass is 14.9. The molecule has 0 saturated heterocycles. The molecule has 94 valence electrons. The summed E-state index contributed by atoms with van der Waals surface area (Å²) in [5, 5.41) is 3.53. The third kappa shape index (κ3) is 3.30. The molecule has 2 heteroatoms. The molecule has 1 aliphatic rings. The lowest BCUT2D eigenvalue weighted by molar-refractivity contribution is 0.433. The summed E-state index contributed by atoms with van der Waals surface area (Å²) >= 11 is 0. The highest BCUT2D eigenvalue weighted by Gasteiger charge is 2.39. The summed E-state index contributed by atoms with van der Waals surface area (Å²) in [6.07, 6.45) is 4.06. The zero-order valence-electron chi connectivity index (χ0n) is 11.0. The monoisotopic (exact) mass is 232 g/mol. The van der Waals surface area contributed by atoms with Gasteiger partial charge in [-0.05, 0) is 37.2 Å². The number of hydrogen-bond donors (Lipinski definition) is 2. The van der Waals surface area contributed by atoms with Crippen LogP contribution in [0.1, 0.15) is 43.4 Å². The van der Waals surface area contributed by atoms with Gasteiger partial charge in [0, 0.05) is 19.1 Å². The standard InChI is InChI=1S/C15H24N2/c1-3-15(8-9-15)11-17-10-14(16)13-6-4-12(2)5-7-13/h4-7,14,17H,3,8-11,16H2,1-2H3. The number of rotatable bonds is 6. The molecule has 0 heterocycles. The molecule has 1 atom stereocenters. The van der Waals surface area contributed by atoms with Gasteiger partial charge in [0.05, 0.1) is 0 Å². The second-order valence-corrected chi connectivity index (χ2v) is 5.50. The Bertz CT molecular complexity index is 352. The minimum absolute atomic E-state index is 0.114. The number of nitrogens with one attached hydrogen (secondary N) is 1. The van der Waals surface area contributed by atoms with E-state index in [1.165, 1.54) is 30.4 Å². The molecule has 2 nitrogen and oxygen atoms in total. The average Bonchev–Trinajstić information content (AvgIpc) is 3.10. The molecule has 0 aliphatic heterocycles. The number of hydrogen-bond acceptors (Lipinski definition) is 2. The lowest BCUT2D eigenvalue weighted by Gasteiger charge is -2.17. The Morgan fingerprint density at radius 2 is 1.94 bits per heavy atom. The van der Waals surface area contributed by atoms with Gasteiger partial charge in [0.25, 0.3) is 0 Å². The van der Waals surface area contributed by atoms with Gasteiger partial charge in [0.2, 0.25) is 0 Å². The summed E-state index contributed by atoms with van der Waals surface area (Å²) in [7, 11) is 0. The number of nitrogens with two attached hydrogens (primary N) is 1. The van der Waals surface area contributed by atoms with Crippen LogP contribution in [0.3, 0.4) is 0 Å². The Labute approximate surface area is 105 Å². The summed E-state index contributed by atoms with van der Waals surface area (Å²) in [6, 6.07) is 8.64. The topological polar surface area (TPSA) is 38.0 Å². The van der Waals surface area contributed by atoms with Gasteiger partial charge in [0.15, 0.2) is 0 Å². The molecule has 1 fully saturated rings. The fraction of sp³-hybridized carbons (Fsp3) is 0.600. The Balaban J connectivity index is 1.77. The maximum absolute atomic E-state index is 6.17. The van der Waals surface area contributed by atoms with Gasteiger partial charge in [-0.2, -0.15) is 0 Å². The van der Waals surface area contributed by atoms with Crippen molar-refractivity contribution in [3.63, 3.8) is 0 Å². The molecule has 0 amide bonds. The molecule has 0 bridgehead atoms. The van der Waals surface area contributed by atoms with Gasteiger partial charge in [-0.15, -0.1) is 0 Å². The minimum Gasteiger partial charge on any atom is -0.323 e. The maximum Gasteiger partial charge on any atom is 0.0421 e. The van der Waals surface area contributed by atoms with Crippen molar-refractivity contribution in [2.24, 2.45) is 11.1 Å². The van der Waals surface area contributed by atoms with Crippen LogP contribution >= 0.6 is 0 Å². The van der Waals surface area contributed by atoms with E-state index in [-0.39, 0.29) is 6.04 Å². The van der Waals surface area contributed by atoms with E-state index < -0.39 is 0 Å². The SMILES string of the molecule is CCC1(CNCC(N)c2ccc(C)cc2)CC1. The normalized spacial score (nSPS) is 19.0. The predicted octanol–water partition coefficient (Wildman–Crippen LogP) is 2.77. The van der Waals surface area contributed by atoms with Crippen LogP contribution in [0.2, 0.25) is 0 Å². The number of benzene rings is 1. The Morgan fingerprint density at radius 3 is 2.47 bits per heavy atom. The van der Waals surface area contributed by atoms with Crippen LogP contribution in [0.15, 0.2) is 24.3 Å². The first-order chi connectivity index (χ1) is 8.15. The predicted molar refractivity (Wildman–Crippen MR) is 72.9 cm³/mol. The van der Waals surface area contributed by atoms with Crippen LogP contribution < -0.4 is 11.1 Å². The first-order valence-corrected chi connectivity index (χ1v) is 6.68. The molecule has 1 unspecified atom stereocenters. The average molecular weight is 232 g/mol. The van der Waals surface area contributed by atoms with Crippen LogP contribution in [0.5, 0.6) is 0 Å². The molecule has 1 aliphatic carbocycles. The highest BCUT2D eigenvalue weighted by Crippen LogP contribution is 2.47. The van der Waals surface area contributed by atoms with Crippen LogP contribution in [0.4, 0.5) is 0 Å². The van der Waals surface area contributed by atoms with Crippen LogP contribution in [-0.2, 0) is 0 Å². The van der Waals surface area contributed by atoms with Gasteiger partial charge in [-0.3, -0.25) is 0 Å². The van der Waals surface area contributed by atoms with E-state index in [0.29, 0.717) is 5.41 Å². The van der Waals surface area contributed by atoms with Crippen LogP contribution in [0.25, 0.3) is 0 Å². The van der Waals surface area contributed by atoms with Gasteiger partial charge in [0.1, 0.15) is 0 Å². The van der Waals surface area contributed by atoms with Crippen molar-refractivity contribution in [2.45, 2.75) is 39.2 Å². The third-order valence-corrected chi connectivity index (χ3v) is 4.08. The molecule has 0 spiro atoms. The van der Waals surface area contributed by atoms with Gasteiger partial charge in [-0.1, -0.05) is 36.8 Å². The van der Waals surface area contributed by atoms with Crippen LogP contribution in [0, 0.1) is 12.3 Å². The Hall–Kier alpha value is -0.860. The molecule has 1 aromatic carbocycles.